The van der Waals surface area contributed by atoms with Crippen LogP contribution in [-0.2, 0) is 4.79 Å². The molecular formula is C18H19FN2O4. The van der Waals surface area contributed by atoms with Crippen molar-refractivity contribution in [2.24, 2.45) is 5.10 Å². The van der Waals surface area contributed by atoms with Gasteiger partial charge in [0.15, 0.2) is 29.7 Å². The molecule has 2 aromatic carbocycles. The Kier molecular flexibility index (Phi) is 6.33. The monoisotopic (exact) mass is 346 g/mol. The van der Waals surface area contributed by atoms with Gasteiger partial charge in [0.25, 0.3) is 5.91 Å². The van der Waals surface area contributed by atoms with Crippen LogP contribution in [0.3, 0.4) is 0 Å². The maximum Gasteiger partial charge on any atom is 0.277 e. The van der Waals surface area contributed by atoms with Gasteiger partial charge in [-0.25, -0.2) is 9.82 Å². The number of rotatable bonds is 7. The highest BCUT2D eigenvalue weighted by molar-refractivity contribution is 5.99. The summed E-state index contributed by atoms with van der Waals surface area (Å²) >= 11 is 0. The lowest BCUT2D eigenvalue weighted by Gasteiger charge is -2.10. The number of para-hydroxylation sites is 1. The zero-order valence-electron chi connectivity index (χ0n) is 14.2. The molecule has 2 rings (SSSR count). The normalized spacial score (nSPS) is 11.0. The number of nitrogens with zero attached hydrogens (tertiary/aromatic N) is 1. The number of nitrogens with one attached hydrogen (secondary N) is 1. The van der Waals surface area contributed by atoms with Gasteiger partial charge in [-0.3, -0.25) is 4.79 Å². The summed E-state index contributed by atoms with van der Waals surface area (Å²) in [6.07, 6.45) is 0. The van der Waals surface area contributed by atoms with Gasteiger partial charge in [-0.05, 0) is 37.3 Å². The molecule has 0 radical (unpaired) electrons. The van der Waals surface area contributed by atoms with Gasteiger partial charge in [-0.2, -0.15) is 5.10 Å². The lowest BCUT2D eigenvalue weighted by molar-refractivity contribution is -0.123. The molecule has 0 atom stereocenters. The summed E-state index contributed by atoms with van der Waals surface area (Å²) in [7, 11) is 3.09. The molecule has 0 unspecified atom stereocenters. The van der Waals surface area contributed by atoms with E-state index in [1.54, 1.807) is 44.4 Å². The number of halogens is 1. The highest BCUT2D eigenvalue weighted by atomic mass is 19.1. The van der Waals surface area contributed by atoms with E-state index in [0.29, 0.717) is 17.2 Å². The summed E-state index contributed by atoms with van der Waals surface area (Å²) in [5.41, 5.74) is 3.69. The van der Waals surface area contributed by atoms with E-state index in [2.05, 4.69) is 10.5 Å². The molecule has 0 aliphatic carbocycles. The van der Waals surface area contributed by atoms with Crippen LogP contribution in [0.25, 0.3) is 0 Å². The number of hydrazone groups is 1. The first kappa shape index (κ1) is 18.3. The van der Waals surface area contributed by atoms with Gasteiger partial charge >= 0.3 is 0 Å². The Bertz CT molecular complexity index is 777. The van der Waals surface area contributed by atoms with E-state index in [-0.39, 0.29) is 12.4 Å². The van der Waals surface area contributed by atoms with Crippen LogP contribution in [0, 0.1) is 5.82 Å². The third-order valence-electron chi connectivity index (χ3n) is 3.35. The molecule has 0 fully saturated rings. The fourth-order valence-electron chi connectivity index (χ4n) is 2.01. The minimum Gasteiger partial charge on any atom is -0.493 e. The van der Waals surface area contributed by atoms with Crippen LogP contribution in [0.2, 0.25) is 0 Å². The summed E-state index contributed by atoms with van der Waals surface area (Å²) in [6.45, 7) is 1.39. The fourth-order valence-corrected chi connectivity index (χ4v) is 2.01. The number of carbonyl (C=O) groups excluding carboxylic acids is 1. The van der Waals surface area contributed by atoms with Crippen LogP contribution in [0.15, 0.2) is 47.6 Å². The number of amides is 1. The topological polar surface area (TPSA) is 69.2 Å². The molecule has 0 saturated heterocycles. The Hall–Kier alpha value is -3.09. The molecule has 6 nitrogen and oxygen atoms in total. The summed E-state index contributed by atoms with van der Waals surface area (Å²) in [5.74, 6) is 0.145. The van der Waals surface area contributed by atoms with Crippen molar-refractivity contribution in [3.8, 4) is 17.2 Å². The smallest absolute Gasteiger partial charge is 0.277 e. The molecule has 0 saturated carbocycles. The van der Waals surface area contributed by atoms with E-state index in [1.165, 1.54) is 19.2 Å². The van der Waals surface area contributed by atoms with Crippen LogP contribution >= 0.6 is 0 Å². The molecule has 1 amide bonds. The lowest BCUT2D eigenvalue weighted by Crippen LogP contribution is -2.25. The molecule has 0 aliphatic heterocycles. The van der Waals surface area contributed by atoms with Crippen molar-refractivity contribution < 1.29 is 23.4 Å². The maximum absolute atomic E-state index is 13.4. The standard InChI is InChI=1S/C18H19FN2O4/c1-12(13-8-9-16(23-2)17(10-13)24-3)20-21-18(22)11-25-15-7-5-4-6-14(15)19/h4-10H,11H2,1-3H3,(H,21,22)/b20-12+. The number of carbonyl (C=O) groups is 1. The Morgan fingerprint density at radius 2 is 1.80 bits per heavy atom. The SMILES string of the molecule is COc1ccc(/C(C)=N/NC(=O)COc2ccccc2F)cc1OC. The predicted octanol–water partition coefficient (Wildman–Crippen LogP) is 2.76. The maximum atomic E-state index is 13.4. The van der Waals surface area contributed by atoms with E-state index < -0.39 is 11.7 Å². The van der Waals surface area contributed by atoms with Crippen molar-refractivity contribution in [2.75, 3.05) is 20.8 Å². The molecule has 0 aliphatic rings. The molecule has 132 valence electrons. The number of methoxy groups -OCH3 is 2. The number of benzene rings is 2. The minimum absolute atomic E-state index is 0.0123. The van der Waals surface area contributed by atoms with Crippen molar-refractivity contribution >= 4 is 11.6 Å². The van der Waals surface area contributed by atoms with Gasteiger partial charge in [-0.15, -0.1) is 0 Å². The molecular weight excluding hydrogens is 327 g/mol. The first-order chi connectivity index (χ1) is 12.0. The van der Waals surface area contributed by atoms with Gasteiger partial charge in [0, 0.05) is 5.56 Å². The quantitative estimate of drug-likeness (QED) is 0.618. The van der Waals surface area contributed by atoms with Crippen molar-refractivity contribution in [3.63, 3.8) is 0 Å². The van der Waals surface area contributed by atoms with Crippen LogP contribution in [0.4, 0.5) is 4.39 Å². The van der Waals surface area contributed by atoms with Gasteiger partial charge in [0.1, 0.15) is 0 Å². The van der Waals surface area contributed by atoms with E-state index in [4.69, 9.17) is 14.2 Å². The van der Waals surface area contributed by atoms with Crippen LogP contribution < -0.4 is 19.6 Å². The molecule has 0 heterocycles. The fraction of sp³-hybridized carbons (Fsp3) is 0.222. The molecule has 1 N–H and O–H groups in total. The van der Waals surface area contributed by atoms with Crippen molar-refractivity contribution in [1.82, 2.24) is 5.43 Å². The van der Waals surface area contributed by atoms with Crippen molar-refractivity contribution in [1.29, 1.82) is 0 Å². The van der Waals surface area contributed by atoms with Gasteiger partial charge < -0.3 is 14.2 Å². The third kappa shape index (κ3) is 4.94. The lowest BCUT2D eigenvalue weighted by atomic mass is 10.1. The van der Waals surface area contributed by atoms with E-state index in [1.807, 2.05) is 0 Å². The third-order valence-corrected chi connectivity index (χ3v) is 3.35. The van der Waals surface area contributed by atoms with E-state index >= 15 is 0 Å². The summed E-state index contributed by atoms with van der Waals surface area (Å²) < 4.78 is 28.9. The Labute approximate surface area is 145 Å². The van der Waals surface area contributed by atoms with Gasteiger partial charge in [0.05, 0.1) is 19.9 Å². The minimum atomic E-state index is -0.527. The summed E-state index contributed by atoms with van der Waals surface area (Å²) in [5, 5.41) is 4.01. The van der Waals surface area contributed by atoms with E-state index in [0.717, 1.165) is 5.56 Å². The number of ether oxygens (including phenoxy) is 3. The highest BCUT2D eigenvalue weighted by Crippen LogP contribution is 2.27. The van der Waals surface area contributed by atoms with Gasteiger partial charge in [-0.1, -0.05) is 12.1 Å². The van der Waals surface area contributed by atoms with Crippen molar-refractivity contribution in [2.45, 2.75) is 6.92 Å². The molecule has 7 heteroatoms. The Balaban J connectivity index is 1.96. The largest absolute Gasteiger partial charge is 0.493 e. The van der Waals surface area contributed by atoms with Crippen LogP contribution in [0.1, 0.15) is 12.5 Å². The summed E-state index contributed by atoms with van der Waals surface area (Å²) in [6, 6.07) is 11.2. The zero-order valence-corrected chi connectivity index (χ0v) is 14.2. The second-order valence-electron chi connectivity index (χ2n) is 5.02. The number of hydrogen-bond acceptors (Lipinski definition) is 5. The van der Waals surface area contributed by atoms with Crippen molar-refractivity contribution in [3.05, 3.63) is 53.8 Å². The molecule has 25 heavy (non-hydrogen) atoms. The Morgan fingerprint density at radius 1 is 1.08 bits per heavy atom. The predicted molar refractivity (Wildman–Crippen MR) is 91.8 cm³/mol. The van der Waals surface area contributed by atoms with Crippen LogP contribution in [-0.4, -0.2) is 32.4 Å². The average molecular weight is 346 g/mol. The molecule has 0 bridgehead atoms. The second kappa shape index (κ2) is 8.68. The zero-order chi connectivity index (χ0) is 18.2. The molecule has 2 aromatic rings. The highest BCUT2D eigenvalue weighted by Gasteiger charge is 2.08. The molecule has 0 aromatic heterocycles. The van der Waals surface area contributed by atoms with Crippen LogP contribution in [0.5, 0.6) is 17.2 Å². The number of hydrogen-bond donors (Lipinski definition) is 1. The Morgan fingerprint density at radius 3 is 2.48 bits per heavy atom. The molecule has 0 spiro atoms. The first-order valence-corrected chi connectivity index (χ1v) is 7.48. The second-order valence-corrected chi connectivity index (χ2v) is 5.02. The average Bonchev–Trinajstić information content (AvgIpc) is 2.64. The summed E-state index contributed by atoms with van der Waals surface area (Å²) in [4.78, 5) is 11.8. The van der Waals surface area contributed by atoms with Gasteiger partial charge in [0.2, 0.25) is 0 Å². The van der Waals surface area contributed by atoms with E-state index in [9.17, 15) is 9.18 Å². The first-order valence-electron chi connectivity index (χ1n) is 7.48.